The van der Waals surface area contributed by atoms with Crippen LogP contribution in [0.4, 0.5) is 17.2 Å². The third-order valence-electron chi connectivity index (χ3n) is 2.59. The molecule has 0 fully saturated rings. The molecule has 2 rings (SSSR count). The Kier molecular flexibility index (Phi) is 5.03. The Labute approximate surface area is 135 Å². The molecule has 2 aromatic rings. The van der Waals surface area contributed by atoms with Crippen molar-refractivity contribution in [1.29, 1.82) is 0 Å². The number of nitrogen functional groups attached to an aromatic ring is 1. The number of benzene rings is 1. The molecule has 5 nitrogen and oxygen atoms in total. The molecule has 0 saturated carbocycles. The normalized spacial score (nSPS) is 10.2. The van der Waals surface area contributed by atoms with Gasteiger partial charge in [-0.2, -0.15) is 0 Å². The molecule has 1 aromatic carbocycles. The van der Waals surface area contributed by atoms with Gasteiger partial charge in [-0.25, -0.2) is 9.78 Å². The fourth-order valence-corrected chi connectivity index (χ4v) is 2.19. The fourth-order valence-electron chi connectivity index (χ4n) is 1.67. The Morgan fingerprint density at radius 1 is 1.48 bits per heavy atom. The van der Waals surface area contributed by atoms with Crippen molar-refractivity contribution in [2.75, 3.05) is 17.7 Å². The molecule has 0 aliphatic heterocycles. The zero-order valence-corrected chi connectivity index (χ0v) is 13.5. The summed E-state index contributed by atoms with van der Waals surface area (Å²) >= 11 is 9.48. The average molecular weight is 371 g/mol. The first-order valence-corrected chi connectivity index (χ1v) is 7.33. The molecule has 0 saturated heterocycles. The maximum absolute atomic E-state index is 12.0. The van der Waals surface area contributed by atoms with Gasteiger partial charge >= 0.3 is 5.97 Å². The maximum Gasteiger partial charge on any atom is 0.341 e. The van der Waals surface area contributed by atoms with E-state index in [1.54, 1.807) is 19.1 Å². The monoisotopic (exact) mass is 369 g/mol. The topological polar surface area (TPSA) is 77.2 Å². The lowest BCUT2D eigenvalue weighted by Gasteiger charge is -2.12. The lowest BCUT2D eigenvalue weighted by molar-refractivity contribution is 0.0527. The predicted molar refractivity (Wildman–Crippen MR) is 87.0 cm³/mol. The van der Waals surface area contributed by atoms with Crippen LogP contribution in [0.15, 0.2) is 34.9 Å². The molecule has 0 unspecified atom stereocenters. The van der Waals surface area contributed by atoms with E-state index in [1.165, 1.54) is 12.3 Å². The molecule has 0 bridgehead atoms. The number of ether oxygens (including phenoxy) is 1. The number of nitrogens with one attached hydrogen (secondary N) is 1. The number of halogens is 2. The number of hydrogen-bond donors (Lipinski definition) is 2. The van der Waals surface area contributed by atoms with Crippen LogP contribution in [0, 0.1) is 0 Å². The van der Waals surface area contributed by atoms with Gasteiger partial charge < -0.3 is 15.8 Å². The first-order chi connectivity index (χ1) is 10.0. The Bertz CT molecular complexity index is 679. The van der Waals surface area contributed by atoms with Crippen molar-refractivity contribution < 1.29 is 9.53 Å². The minimum absolute atomic E-state index is 0.257. The molecule has 1 aromatic heterocycles. The number of carbonyl (C=O) groups is 1. The van der Waals surface area contributed by atoms with Crippen LogP contribution in [-0.2, 0) is 4.74 Å². The fraction of sp³-hybridized carbons (Fsp3) is 0.143. The highest BCUT2D eigenvalue weighted by molar-refractivity contribution is 9.10. The summed E-state index contributed by atoms with van der Waals surface area (Å²) in [7, 11) is 0. The molecule has 0 aliphatic rings. The average Bonchev–Trinajstić information content (AvgIpc) is 2.45. The third kappa shape index (κ3) is 3.86. The summed E-state index contributed by atoms with van der Waals surface area (Å²) in [6.45, 7) is 2.00. The van der Waals surface area contributed by atoms with Crippen molar-refractivity contribution in [3.63, 3.8) is 0 Å². The van der Waals surface area contributed by atoms with Gasteiger partial charge in [0, 0.05) is 4.47 Å². The minimum Gasteiger partial charge on any atom is -0.462 e. The Balaban J connectivity index is 2.39. The van der Waals surface area contributed by atoms with Crippen LogP contribution >= 0.6 is 27.5 Å². The molecule has 0 amide bonds. The number of hydrogen-bond acceptors (Lipinski definition) is 5. The van der Waals surface area contributed by atoms with E-state index in [1.807, 2.05) is 6.07 Å². The highest BCUT2D eigenvalue weighted by Crippen LogP contribution is 2.29. The number of nitrogens with zero attached hydrogens (tertiary/aromatic N) is 1. The van der Waals surface area contributed by atoms with Gasteiger partial charge in [-0.15, -0.1) is 0 Å². The molecule has 3 N–H and O–H groups in total. The number of aromatic nitrogens is 1. The summed E-state index contributed by atoms with van der Waals surface area (Å²) in [4.78, 5) is 16.1. The van der Waals surface area contributed by atoms with Crippen molar-refractivity contribution in [2.45, 2.75) is 6.92 Å². The first-order valence-electron chi connectivity index (χ1n) is 6.16. The van der Waals surface area contributed by atoms with E-state index in [0.29, 0.717) is 22.2 Å². The summed E-state index contributed by atoms with van der Waals surface area (Å²) in [6, 6.07) is 6.85. The van der Waals surface area contributed by atoms with Crippen LogP contribution in [0.1, 0.15) is 17.3 Å². The number of carbonyl (C=O) groups excluding carboxylic acids is 1. The number of rotatable bonds is 4. The van der Waals surface area contributed by atoms with Crippen molar-refractivity contribution in [3.8, 4) is 0 Å². The molecule has 7 heteroatoms. The van der Waals surface area contributed by atoms with Gasteiger partial charge in [0.2, 0.25) is 0 Å². The lowest BCUT2D eigenvalue weighted by Crippen LogP contribution is -2.10. The second kappa shape index (κ2) is 6.78. The zero-order chi connectivity index (χ0) is 15.4. The first kappa shape index (κ1) is 15.6. The summed E-state index contributed by atoms with van der Waals surface area (Å²) in [5.41, 5.74) is 6.93. The van der Waals surface area contributed by atoms with E-state index in [4.69, 9.17) is 22.1 Å². The van der Waals surface area contributed by atoms with Crippen molar-refractivity contribution in [1.82, 2.24) is 4.98 Å². The van der Waals surface area contributed by atoms with Crippen LogP contribution in [0.2, 0.25) is 5.02 Å². The summed E-state index contributed by atoms with van der Waals surface area (Å²) in [6.07, 6.45) is 1.46. The molecule has 110 valence electrons. The van der Waals surface area contributed by atoms with Gasteiger partial charge in [-0.3, -0.25) is 0 Å². The van der Waals surface area contributed by atoms with Crippen LogP contribution in [0.25, 0.3) is 0 Å². The summed E-state index contributed by atoms with van der Waals surface area (Å²) < 4.78 is 5.85. The van der Waals surface area contributed by atoms with Gasteiger partial charge in [0.1, 0.15) is 11.4 Å². The molecular weight excluding hydrogens is 358 g/mol. The molecule has 0 aliphatic carbocycles. The van der Waals surface area contributed by atoms with Gasteiger partial charge in [0.15, 0.2) is 0 Å². The number of pyridine rings is 1. The highest BCUT2D eigenvalue weighted by Gasteiger charge is 2.15. The van der Waals surface area contributed by atoms with E-state index in [-0.39, 0.29) is 12.2 Å². The standard InChI is InChI=1S/C14H13BrClN3O2/c1-2-21-14(20)10-6-9(17)7-18-13(10)19-12-5-8(15)3-4-11(12)16/h3-7H,2,17H2,1H3,(H,18,19). The van der Waals surface area contributed by atoms with Crippen molar-refractivity contribution in [3.05, 3.63) is 45.5 Å². The quantitative estimate of drug-likeness (QED) is 0.795. The minimum atomic E-state index is -0.495. The number of nitrogens with two attached hydrogens (primary N) is 1. The lowest BCUT2D eigenvalue weighted by atomic mass is 10.2. The van der Waals surface area contributed by atoms with Crippen LogP contribution < -0.4 is 11.1 Å². The zero-order valence-electron chi connectivity index (χ0n) is 11.2. The second-order valence-electron chi connectivity index (χ2n) is 4.13. The van der Waals surface area contributed by atoms with Gasteiger partial charge in [0.05, 0.1) is 29.2 Å². The van der Waals surface area contributed by atoms with E-state index in [2.05, 4.69) is 26.2 Å². The van der Waals surface area contributed by atoms with Gasteiger partial charge in [-0.05, 0) is 31.2 Å². The Morgan fingerprint density at radius 3 is 2.95 bits per heavy atom. The maximum atomic E-state index is 12.0. The van der Waals surface area contributed by atoms with E-state index in [9.17, 15) is 4.79 Å². The van der Waals surface area contributed by atoms with E-state index >= 15 is 0 Å². The molecule has 0 spiro atoms. The molecule has 1 heterocycles. The number of esters is 1. The van der Waals surface area contributed by atoms with Gasteiger partial charge in [0.25, 0.3) is 0 Å². The van der Waals surface area contributed by atoms with Crippen LogP contribution in [0.5, 0.6) is 0 Å². The molecule has 21 heavy (non-hydrogen) atoms. The van der Waals surface area contributed by atoms with Crippen molar-refractivity contribution >= 4 is 50.7 Å². The summed E-state index contributed by atoms with van der Waals surface area (Å²) in [5, 5.41) is 3.52. The van der Waals surface area contributed by atoms with Crippen LogP contribution in [0.3, 0.4) is 0 Å². The van der Waals surface area contributed by atoms with Crippen molar-refractivity contribution in [2.24, 2.45) is 0 Å². The van der Waals surface area contributed by atoms with E-state index < -0.39 is 5.97 Å². The SMILES string of the molecule is CCOC(=O)c1cc(N)cnc1Nc1cc(Br)ccc1Cl. The highest BCUT2D eigenvalue weighted by atomic mass is 79.9. The molecule has 0 radical (unpaired) electrons. The molecular formula is C14H13BrClN3O2. The molecule has 0 atom stereocenters. The Hall–Kier alpha value is -1.79. The smallest absolute Gasteiger partial charge is 0.341 e. The third-order valence-corrected chi connectivity index (χ3v) is 3.41. The predicted octanol–water partition coefficient (Wildman–Crippen LogP) is 4.00. The largest absolute Gasteiger partial charge is 0.462 e. The van der Waals surface area contributed by atoms with Gasteiger partial charge in [-0.1, -0.05) is 27.5 Å². The van der Waals surface area contributed by atoms with Crippen LogP contribution in [-0.4, -0.2) is 17.6 Å². The Morgan fingerprint density at radius 2 is 2.24 bits per heavy atom. The van der Waals surface area contributed by atoms with E-state index in [0.717, 1.165) is 4.47 Å². The number of anilines is 3. The second-order valence-corrected chi connectivity index (χ2v) is 5.46. The summed E-state index contributed by atoms with van der Waals surface area (Å²) in [5.74, 6) is -0.159.